The van der Waals surface area contributed by atoms with Crippen LogP contribution in [0.1, 0.15) is 25.3 Å². The molecule has 0 radical (unpaired) electrons. The predicted molar refractivity (Wildman–Crippen MR) is 81.5 cm³/mol. The van der Waals surface area contributed by atoms with E-state index in [1.54, 1.807) is 11.9 Å². The smallest absolute Gasteiger partial charge is 0.237 e. The summed E-state index contributed by atoms with van der Waals surface area (Å²) in [5.41, 5.74) is 1.06. The lowest BCUT2D eigenvalue weighted by Crippen LogP contribution is -2.47. The maximum absolute atomic E-state index is 12.1. The Kier molecular flexibility index (Phi) is 5.33. The van der Waals surface area contributed by atoms with Gasteiger partial charge in [0.25, 0.3) is 0 Å². The highest BCUT2D eigenvalue weighted by atomic mass is 16.2. The number of nitrogens with zero attached hydrogens (tertiary/aromatic N) is 1. The lowest BCUT2D eigenvalue weighted by atomic mass is 10.2. The van der Waals surface area contributed by atoms with E-state index >= 15 is 0 Å². The van der Waals surface area contributed by atoms with E-state index in [2.05, 4.69) is 10.6 Å². The molecule has 1 aliphatic rings. The normalized spacial score (nSPS) is 15.6. The van der Waals surface area contributed by atoms with E-state index in [1.165, 1.54) is 0 Å². The molecule has 2 amide bonds. The van der Waals surface area contributed by atoms with Crippen molar-refractivity contribution in [3.8, 4) is 0 Å². The van der Waals surface area contributed by atoms with E-state index in [1.807, 2.05) is 37.3 Å². The summed E-state index contributed by atoms with van der Waals surface area (Å²) in [6.07, 6.45) is 2.14. The molecule has 114 valence electrons. The van der Waals surface area contributed by atoms with Crippen molar-refractivity contribution in [3.05, 3.63) is 35.9 Å². The van der Waals surface area contributed by atoms with Crippen LogP contribution in [0.25, 0.3) is 0 Å². The van der Waals surface area contributed by atoms with E-state index in [4.69, 9.17) is 0 Å². The van der Waals surface area contributed by atoms with Crippen LogP contribution in [0.3, 0.4) is 0 Å². The first-order valence-electron chi connectivity index (χ1n) is 7.37. The minimum atomic E-state index is -0.335. The second kappa shape index (κ2) is 7.22. The Morgan fingerprint density at radius 1 is 1.29 bits per heavy atom. The predicted octanol–water partition coefficient (Wildman–Crippen LogP) is 0.902. The largest absolute Gasteiger partial charge is 0.352 e. The van der Waals surface area contributed by atoms with Crippen LogP contribution >= 0.6 is 0 Å². The first-order chi connectivity index (χ1) is 10.1. The topological polar surface area (TPSA) is 61.4 Å². The highest BCUT2D eigenvalue weighted by molar-refractivity contribution is 5.83. The van der Waals surface area contributed by atoms with E-state index in [9.17, 15) is 9.59 Å². The summed E-state index contributed by atoms with van der Waals surface area (Å²) < 4.78 is 0. The second-order valence-electron chi connectivity index (χ2n) is 5.64. The zero-order chi connectivity index (χ0) is 15.2. The van der Waals surface area contributed by atoms with Gasteiger partial charge in [0.2, 0.25) is 11.8 Å². The Bertz CT molecular complexity index is 486. The number of carbonyl (C=O) groups excluding carboxylic acids is 2. The van der Waals surface area contributed by atoms with Gasteiger partial charge in [-0.05, 0) is 32.4 Å². The SMILES string of the molecule is C[C@@H](C(=O)NCc1ccccc1)N(C)CC(=O)NC1CC1. The molecule has 0 aliphatic heterocycles. The van der Waals surface area contributed by atoms with Crippen molar-refractivity contribution < 1.29 is 9.59 Å². The van der Waals surface area contributed by atoms with Gasteiger partial charge in [0, 0.05) is 12.6 Å². The zero-order valence-corrected chi connectivity index (χ0v) is 12.6. The van der Waals surface area contributed by atoms with E-state index in [-0.39, 0.29) is 24.4 Å². The standard InChI is InChI=1S/C16H23N3O2/c1-12(19(2)11-15(20)18-14-8-9-14)16(21)17-10-13-6-4-3-5-7-13/h3-7,12,14H,8-11H2,1-2H3,(H,17,21)(H,18,20)/t12-/m0/s1. The molecule has 21 heavy (non-hydrogen) atoms. The summed E-state index contributed by atoms with van der Waals surface area (Å²) in [6, 6.07) is 9.79. The van der Waals surface area contributed by atoms with E-state index in [0.29, 0.717) is 12.6 Å². The number of hydrogen-bond donors (Lipinski definition) is 2. The van der Waals surface area contributed by atoms with Crippen LogP contribution < -0.4 is 10.6 Å². The summed E-state index contributed by atoms with van der Waals surface area (Å²) in [5, 5.41) is 5.82. The van der Waals surface area contributed by atoms with E-state index in [0.717, 1.165) is 18.4 Å². The van der Waals surface area contributed by atoms with Gasteiger partial charge in [0.1, 0.15) is 0 Å². The molecule has 1 atom stereocenters. The third kappa shape index (κ3) is 5.19. The molecule has 0 bridgehead atoms. The van der Waals surface area contributed by atoms with Crippen molar-refractivity contribution in [1.29, 1.82) is 0 Å². The maximum atomic E-state index is 12.1. The maximum Gasteiger partial charge on any atom is 0.237 e. The Hall–Kier alpha value is -1.88. The molecular weight excluding hydrogens is 266 g/mol. The molecule has 1 aromatic carbocycles. The van der Waals surface area contributed by atoms with Crippen molar-refractivity contribution in [2.24, 2.45) is 0 Å². The average molecular weight is 289 g/mol. The number of amides is 2. The van der Waals surface area contributed by atoms with Gasteiger partial charge in [0.15, 0.2) is 0 Å². The van der Waals surface area contributed by atoms with Crippen LogP contribution in [0.5, 0.6) is 0 Å². The van der Waals surface area contributed by atoms with Gasteiger partial charge in [-0.3, -0.25) is 14.5 Å². The van der Waals surface area contributed by atoms with Gasteiger partial charge in [-0.25, -0.2) is 0 Å². The fourth-order valence-corrected chi connectivity index (χ4v) is 2.00. The first-order valence-corrected chi connectivity index (χ1v) is 7.37. The van der Waals surface area contributed by atoms with Crippen LogP contribution in [-0.4, -0.2) is 42.4 Å². The van der Waals surface area contributed by atoms with Gasteiger partial charge in [-0.2, -0.15) is 0 Å². The monoisotopic (exact) mass is 289 g/mol. The molecule has 1 aromatic rings. The van der Waals surface area contributed by atoms with Gasteiger partial charge in [-0.1, -0.05) is 30.3 Å². The molecule has 2 N–H and O–H groups in total. The molecule has 1 aliphatic carbocycles. The quantitative estimate of drug-likeness (QED) is 0.784. The number of hydrogen-bond acceptors (Lipinski definition) is 3. The number of rotatable bonds is 7. The van der Waals surface area contributed by atoms with Gasteiger partial charge < -0.3 is 10.6 Å². The Morgan fingerprint density at radius 2 is 1.95 bits per heavy atom. The third-order valence-corrected chi connectivity index (χ3v) is 3.69. The number of likely N-dealkylation sites (N-methyl/N-ethyl adjacent to an activating group) is 1. The van der Waals surface area contributed by atoms with Crippen molar-refractivity contribution in [3.63, 3.8) is 0 Å². The molecule has 0 aromatic heterocycles. The Labute approximate surface area is 125 Å². The minimum Gasteiger partial charge on any atom is -0.352 e. The first kappa shape index (κ1) is 15.5. The van der Waals surface area contributed by atoms with Crippen molar-refractivity contribution in [1.82, 2.24) is 15.5 Å². The summed E-state index contributed by atoms with van der Waals surface area (Å²) in [4.78, 5) is 25.6. The molecule has 1 fully saturated rings. The molecule has 5 nitrogen and oxygen atoms in total. The Morgan fingerprint density at radius 3 is 2.57 bits per heavy atom. The molecule has 0 saturated heterocycles. The fraction of sp³-hybridized carbons (Fsp3) is 0.500. The second-order valence-corrected chi connectivity index (χ2v) is 5.64. The van der Waals surface area contributed by atoms with Gasteiger partial charge in [0.05, 0.1) is 12.6 Å². The van der Waals surface area contributed by atoms with Crippen LogP contribution in [0.2, 0.25) is 0 Å². The van der Waals surface area contributed by atoms with Crippen LogP contribution in [-0.2, 0) is 16.1 Å². The van der Waals surface area contributed by atoms with Crippen LogP contribution in [0, 0.1) is 0 Å². The minimum absolute atomic E-state index is 0.0114. The van der Waals surface area contributed by atoms with Crippen LogP contribution in [0.15, 0.2) is 30.3 Å². The molecule has 1 saturated carbocycles. The van der Waals surface area contributed by atoms with Gasteiger partial charge >= 0.3 is 0 Å². The number of benzene rings is 1. The third-order valence-electron chi connectivity index (χ3n) is 3.69. The van der Waals surface area contributed by atoms with Crippen molar-refractivity contribution in [2.75, 3.05) is 13.6 Å². The molecule has 2 rings (SSSR count). The van der Waals surface area contributed by atoms with Crippen LogP contribution in [0.4, 0.5) is 0 Å². The summed E-state index contributed by atoms with van der Waals surface area (Å²) in [6.45, 7) is 2.56. The molecule has 0 unspecified atom stereocenters. The van der Waals surface area contributed by atoms with Crippen molar-refractivity contribution >= 4 is 11.8 Å². The summed E-state index contributed by atoms with van der Waals surface area (Å²) >= 11 is 0. The van der Waals surface area contributed by atoms with Gasteiger partial charge in [-0.15, -0.1) is 0 Å². The highest BCUT2D eigenvalue weighted by Crippen LogP contribution is 2.18. The average Bonchev–Trinajstić information content (AvgIpc) is 3.28. The number of carbonyl (C=O) groups is 2. The van der Waals surface area contributed by atoms with E-state index < -0.39 is 0 Å². The Balaban J connectivity index is 1.73. The molecule has 5 heteroatoms. The number of nitrogens with one attached hydrogen (secondary N) is 2. The molecule has 0 heterocycles. The summed E-state index contributed by atoms with van der Waals surface area (Å²) in [5.74, 6) is -0.0803. The zero-order valence-electron chi connectivity index (χ0n) is 12.6. The highest BCUT2D eigenvalue weighted by Gasteiger charge is 2.25. The fourth-order valence-electron chi connectivity index (χ4n) is 2.00. The summed E-state index contributed by atoms with van der Waals surface area (Å²) in [7, 11) is 1.79. The molecule has 0 spiro atoms. The molecular formula is C16H23N3O2. The van der Waals surface area contributed by atoms with Crippen molar-refractivity contribution in [2.45, 2.75) is 38.4 Å². The lowest BCUT2D eigenvalue weighted by Gasteiger charge is -2.23. The lowest BCUT2D eigenvalue weighted by molar-refractivity contribution is -0.127.